The number of aliphatic imine (C=N–C) groups is 1. The molecule has 2 heterocycles. The van der Waals surface area contributed by atoms with Crippen molar-refractivity contribution in [2.45, 2.75) is 11.0 Å². The minimum atomic E-state index is -1.12. The minimum absolute atomic E-state index is 0.200. The van der Waals surface area contributed by atoms with E-state index in [4.69, 9.17) is 22.1 Å². The van der Waals surface area contributed by atoms with Crippen LogP contribution in [0.2, 0.25) is 5.02 Å². The van der Waals surface area contributed by atoms with Gasteiger partial charge in [-0.3, -0.25) is 0 Å². The number of amidine groups is 1. The Balaban J connectivity index is 1.92. The molecule has 1 spiro atoms. The number of benzene rings is 1. The fraction of sp³-hybridized carbons (Fsp3) is 0.400. The number of nitrogens with zero attached hydrogens (tertiary/aromatic N) is 3. The summed E-state index contributed by atoms with van der Waals surface area (Å²) in [6.07, 6.45) is 0. The van der Waals surface area contributed by atoms with Gasteiger partial charge in [0.2, 0.25) is 5.06 Å². The van der Waals surface area contributed by atoms with E-state index in [0.29, 0.717) is 11.6 Å². The lowest BCUT2D eigenvalue weighted by Gasteiger charge is -2.26. The summed E-state index contributed by atoms with van der Waals surface area (Å²) < 4.78 is 5.82. The number of ether oxygens (including phenoxy) is 1. The lowest BCUT2D eigenvalue weighted by Crippen LogP contribution is -2.34. The molecule has 0 amide bonds. The van der Waals surface area contributed by atoms with Crippen LogP contribution in [0.3, 0.4) is 0 Å². The van der Waals surface area contributed by atoms with E-state index >= 15 is 0 Å². The number of hydrogen-bond acceptors (Lipinski definition) is 6. The van der Waals surface area contributed by atoms with Gasteiger partial charge in [0.15, 0.2) is 5.41 Å². The van der Waals surface area contributed by atoms with E-state index in [1.54, 1.807) is 12.1 Å². The van der Waals surface area contributed by atoms with Crippen LogP contribution in [0.4, 0.5) is 0 Å². The van der Waals surface area contributed by atoms with Gasteiger partial charge in [-0.2, -0.15) is 10.5 Å². The zero-order chi connectivity index (χ0) is 15.6. The van der Waals surface area contributed by atoms with Crippen molar-refractivity contribution in [1.29, 1.82) is 10.5 Å². The molecule has 1 saturated heterocycles. The fourth-order valence-corrected chi connectivity index (χ4v) is 5.32. The number of nitrogens with two attached hydrogens (primary N) is 1. The van der Waals surface area contributed by atoms with Crippen LogP contribution in [-0.2, 0) is 4.74 Å². The molecular formula is C15H11ClN4OS. The van der Waals surface area contributed by atoms with Gasteiger partial charge in [0.25, 0.3) is 0 Å². The van der Waals surface area contributed by atoms with Crippen LogP contribution in [0.25, 0.3) is 0 Å². The molecule has 4 atom stereocenters. The standard InChI is InChI=1S/C15H11ClN4OS/c16-10-3-1-9(2-4-10)11-13(7-17)12(19)20-15(14(11,13)8-18)21-5-6-22-15/h1-4,11H,5-6H2,(H2,19,20)/t11-,13-,14-,15-/m1/s1. The molecule has 5 nitrogen and oxygen atoms in total. The van der Waals surface area contributed by atoms with Crippen molar-refractivity contribution in [1.82, 2.24) is 0 Å². The SMILES string of the molecule is N#C[C@@]12[C@H](c3ccc(Cl)cc3)[C@]1(C#N)C(N)=N[C@@]21OCCS1. The van der Waals surface area contributed by atoms with Crippen LogP contribution >= 0.6 is 23.4 Å². The van der Waals surface area contributed by atoms with E-state index in [9.17, 15) is 10.5 Å². The molecule has 0 unspecified atom stereocenters. The van der Waals surface area contributed by atoms with Gasteiger partial charge in [0.05, 0.1) is 18.7 Å². The van der Waals surface area contributed by atoms with Gasteiger partial charge in [-0.1, -0.05) is 35.5 Å². The highest BCUT2D eigenvalue weighted by Crippen LogP contribution is 2.84. The molecule has 1 aromatic rings. The Labute approximate surface area is 136 Å². The maximum absolute atomic E-state index is 9.94. The van der Waals surface area contributed by atoms with Gasteiger partial charge < -0.3 is 10.5 Å². The van der Waals surface area contributed by atoms with Crippen molar-refractivity contribution in [3.63, 3.8) is 0 Å². The first kappa shape index (κ1) is 13.9. The minimum Gasteiger partial charge on any atom is -0.386 e. The van der Waals surface area contributed by atoms with E-state index in [1.165, 1.54) is 11.8 Å². The van der Waals surface area contributed by atoms with E-state index < -0.39 is 15.9 Å². The van der Waals surface area contributed by atoms with Crippen molar-refractivity contribution < 1.29 is 4.74 Å². The van der Waals surface area contributed by atoms with Gasteiger partial charge >= 0.3 is 0 Å². The third-order valence-corrected chi connectivity index (χ3v) is 6.35. The van der Waals surface area contributed by atoms with E-state index in [2.05, 4.69) is 17.1 Å². The number of thioether (sulfide) groups is 1. The monoisotopic (exact) mass is 330 g/mol. The molecule has 2 aliphatic heterocycles. The lowest BCUT2D eigenvalue weighted by atomic mass is 9.95. The molecular weight excluding hydrogens is 320 g/mol. The first-order chi connectivity index (χ1) is 10.6. The van der Waals surface area contributed by atoms with E-state index in [-0.39, 0.29) is 11.8 Å². The van der Waals surface area contributed by atoms with Crippen LogP contribution < -0.4 is 5.73 Å². The first-order valence-electron chi connectivity index (χ1n) is 6.80. The van der Waals surface area contributed by atoms with Gasteiger partial charge in [0.1, 0.15) is 11.3 Å². The Morgan fingerprint density at radius 2 is 2.05 bits per heavy atom. The summed E-state index contributed by atoms with van der Waals surface area (Å²) in [7, 11) is 0. The maximum Gasteiger partial charge on any atom is 0.230 e. The Hall–Kier alpha value is -1.73. The average molecular weight is 331 g/mol. The Morgan fingerprint density at radius 1 is 1.32 bits per heavy atom. The second-order valence-electron chi connectivity index (χ2n) is 5.60. The van der Waals surface area contributed by atoms with Crippen molar-refractivity contribution in [3.05, 3.63) is 34.9 Å². The van der Waals surface area contributed by atoms with Crippen LogP contribution in [0.1, 0.15) is 11.5 Å². The lowest BCUT2D eigenvalue weighted by molar-refractivity contribution is 0.0200. The summed E-state index contributed by atoms with van der Waals surface area (Å²) in [5.41, 5.74) is 4.76. The quantitative estimate of drug-likeness (QED) is 0.852. The van der Waals surface area contributed by atoms with Crippen LogP contribution in [0, 0.1) is 33.5 Å². The number of rotatable bonds is 1. The Kier molecular flexibility index (Phi) is 2.64. The number of halogens is 1. The first-order valence-corrected chi connectivity index (χ1v) is 8.16. The Bertz CT molecular complexity index is 774. The molecule has 1 aromatic carbocycles. The zero-order valence-corrected chi connectivity index (χ0v) is 13.0. The molecule has 2 fully saturated rings. The van der Waals surface area contributed by atoms with Crippen molar-refractivity contribution in [2.75, 3.05) is 12.4 Å². The Morgan fingerprint density at radius 3 is 2.59 bits per heavy atom. The summed E-state index contributed by atoms with van der Waals surface area (Å²) in [5.74, 6) is 0.580. The molecule has 3 aliphatic rings. The van der Waals surface area contributed by atoms with E-state index in [1.807, 2.05) is 12.1 Å². The summed E-state index contributed by atoms with van der Waals surface area (Å²) in [6, 6.07) is 11.8. The molecule has 0 bridgehead atoms. The number of hydrogen-bond donors (Lipinski definition) is 1. The predicted octanol–water partition coefficient (Wildman–Crippen LogP) is 2.25. The summed E-state index contributed by atoms with van der Waals surface area (Å²) >= 11 is 7.39. The molecule has 110 valence electrons. The highest BCUT2D eigenvalue weighted by atomic mass is 35.5. The van der Waals surface area contributed by atoms with Crippen LogP contribution in [0.15, 0.2) is 29.3 Å². The zero-order valence-electron chi connectivity index (χ0n) is 11.4. The van der Waals surface area contributed by atoms with Crippen molar-refractivity contribution in [2.24, 2.45) is 21.6 Å². The van der Waals surface area contributed by atoms with Gasteiger partial charge in [-0.25, -0.2) is 4.99 Å². The second kappa shape index (κ2) is 4.17. The largest absolute Gasteiger partial charge is 0.386 e. The van der Waals surface area contributed by atoms with Crippen LogP contribution in [-0.4, -0.2) is 23.3 Å². The second-order valence-corrected chi connectivity index (χ2v) is 7.29. The molecule has 1 saturated carbocycles. The fourth-order valence-electron chi connectivity index (χ4n) is 3.87. The van der Waals surface area contributed by atoms with Crippen molar-refractivity contribution in [3.8, 4) is 12.1 Å². The number of fused-ring (bicyclic) bond motifs is 2. The normalized spacial score (nSPS) is 41.6. The van der Waals surface area contributed by atoms with Crippen LogP contribution in [0.5, 0.6) is 0 Å². The average Bonchev–Trinajstić information content (AvgIpc) is 2.77. The van der Waals surface area contributed by atoms with Gasteiger partial charge in [-0.15, -0.1) is 0 Å². The van der Waals surface area contributed by atoms with Gasteiger partial charge in [0, 0.05) is 16.7 Å². The predicted molar refractivity (Wildman–Crippen MR) is 83.0 cm³/mol. The third-order valence-electron chi connectivity index (χ3n) is 4.81. The summed E-state index contributed by atoms with van der Waals surface area (Å²) in [6.45, 7) is 0.500. The smallest absolute Gasteiger partial charge is 0.230 e. The summed E-state index contributed by atoms with van der Waals surface area (Å²) in [5, 5.41) is 19.3. The molecule has 2 N–H and O–H groups in total. The summed E-state index contributed by atoms with van der Waals surface area (Å²) in [4.78, 5) is 4.39. The molecule has 4 rings (SSSR count). The topological polar surface area (TPSA) is 95.2 Å². The molecule has 0 aromatic heterocycles. The van der Waals surface area contributed by atoms with Gasteiger partial charge in [-0.05, 0) is 17.7 Å². The molecule has 22 heavy (non-hydrogen) atoms. The van der Waals surface area contributed by atoms with Crippen molar-refractivity contribution >= 4 is 29.2 Å². The molecule has 7 heteroatoms. The molecule has 1 aliphatic carbocycles. The molecule has 0 radical (unpaired) electrons. The maximum atomic E-state index is 9.94. The third kappa shape index (κ3) is 1.24. The highest BCUT2D eigenvalue weighted by molar-refractivity contribution is 8.00. The highest BCUT2D eigenvalue weighted by Gasteiger charge is 2.93. The number of nitriles is 2. The van der Waals surface area contributed by atoms with E-state index in [0.717, 1.165) is 11.3 Å².